The second-order valence-corrected chi connectivity index (χ2v) is 2.36. The van der Waals surface area contributed by atoms with Crippen molar-refractivity contribution in [3.63, 3.8) is 0 Å². The molecule has 1 nitrogen and oxygen atoms in total. The molecule has 1 rings (SSSR count). The molecule has 0 N–H and O–H groups in total. The van der Waals surface area contributed by atoms with Crippen LogP contribution in [0.2, 0.25) is 0 Å². The Bertz CT molecular complexity index is 286. The topological polar surface area (TPSA) is 4.36 Å². The highest BCUT2D eigenvalue weighted by Crippen LogP contribution is 2.17. The molecule has 12 heavy (non-hydrogen) atoms. The lowest BCUT2D eigenvalue weighted by molar-refractivity contribution is 0.367. The van der Waals surface area contributed by atoms with Gasteiger partial charge < -0.3 is 4.85 Å². The van der Waals surface area contributed by atoms with Gasteiger partial charge in [0.1, 0.15) is 5.82 Å². The molecule has 0 aliphatic carbocycles. The summed E-state index contributed by atoms with van der Waals surface area (Å²) >= 11 is 0. The molecule has 1 aromatic rings. The molecule has 0 radical (unpaired) electrons. The van der Waals surface area contributed by atoms with E-state index >= 15 is 0 Å². The Labute approximate surface area is 69.5 Å². The molecule has 0 amide bonds. The Hall–Kier alpha value is -1.43. The monoisotopic (exact) mass is 167 g/mol. The SMILES string of the molecule is [C-]#[N+]CC(F)c1ccc(F)cc1. The van der Waals surface area contributed by atoms with Gasteiger partial charge in [-0.05, 0) is 17.7 Å². The number of rotatable bonds is 2. The molecule has 0 heterocycles. The summed E-state index contributed by atoms with van der Waals surface area (Å²) < 4.78 is 25.3. The van der Waals surface area contributed by atoms with Gasteiger partial charge in [-0.15, -0.1) is 0 Å². The first-order valence-electron chi connectivity index (χ1n) is 3.47. The fourth-order valence-corrected chi connectivity index (χ4v) is 0.857. The average molecular weight is 167 g/mol. The van der Waals surface area contributed by atoms with Crippen LogP contribution in [-0.2, 0) is 0 Å². The van der Waals surface area contributed by atoms with Crippen LogP contribution in [0.4, 0.5) is 8.78 Å². The van der Waals surface area contributed by atoms with Crippen molar-refractivity contribution >= 4 is 0 Å². The number of hydrogen-bond donors (Lipinski definition) is 0. The number of alkyl halides is 1. The standard InChI is InChI=1S/C9H7F2N/c1-12-6-9(11)7-2-4-8(10)5-3-7/h2-5,9H,6H2. The zero-order valence-corrected chi connectivity index (χ0v) is 6.30. The lowest BCUT2D eigenvalue weighted by atomic mass is 10.1. The maximum absolute atomic E-state index is 12.9. The summed E-state index contributed by atoms with van der Waals surface area (Å²) in [5.74, 6) is -0.395. The second-order valence-electron chi connectivity index (χ2n) is 2.36. The molecule has 0 aliphatic heterocycles. The Kier molecular flexibility index (Phi) is 2.76. The quantitative estimate of drug-likeness (QED) is 0.596. The van der Waals surface area contributed by atoms with Gasteiger partial charge in [0.05, 0.1) is 0 Å². The highest BCUT2D eigenvalue weighted by atomic mass is 19.1. The van der Waals surface area contributed by atoms with E-state index in [0.29, 0.717) is 5.56 Å². The van der Waals surface area contributed by atoms with Crippen molar-refractivity contribution in [3.8, 4) is 0 Å². The van der Waals surface area contributed by atoms with Gasteiger partial charge in [0, 0.05) is 0 Å². The van der Waals surface area contributed by atoms with Crippen LogP contribution in [0, 0.1) is 12.4 Å². The average Bonchev–Trinajstić information content (AvgIpc) is 2.06. The zero-order valence-electron chi connectivity index (χ0n) is 6.30. The van der Waals surface area contributed by atoms with Gasteiger partial charge in [0.2, 0.25) is 6.54 Å². The maximum Gasteiger partial charge on any atom is 0.249 e. The van der Waals surface area contributed by atoms with Gasteiger partial charge in [0.15, 0.2) is 6.17 Å². The normalized spacial score (nSPS) is 12.1. The van der Waals surface area contributed by atoms with Gasteiger partial charge in [-0.25, -0.2) is 15.4 Å². The predicted octanol–water partition coefficient (Wildman–Crippen LogP) is 2.76. The first-order valence-corrected chi connectivity index (χ1v) is 3.47. The van der Waals surface area contributed by atoms with E-state index in [1.165, 1.54) is 24.3 Å². The van der Waals surface area contributed by atoms with Crippen molar-refractivity contribution in [2.45, 2.75) is 6.17 Å². The Morgan fingerprint density at radius 3 is 2.42 bits per heavy atom. The summed E-state index contributed by atoms with van der Waals surface area (Å²) in [5.41, 5.74) is 0.354. The summed E-state index contributed by atoms with van der Waals surface area (Å²) in [4.78, 5) is 2.92. The first kappa shape index (κ1) is 8.66. The number of halogens is 2. The summed E-state index contributed by atoms with van der Waals surface area (Å²) in [5, 5.41) is 0. The van der Waals surface area contributed by atoms with Gasteiger partial charge in [-0.3, -0.25) is 0 Å². The van der Waals surface area contributed by atoms with Crippen molar-refractivity contribution in [2.24, 2.45) is 0 Å². The third kappa shape index (κ3) is 2.03. The van der Waals surface area contributed by atoms with Crippen LogP contribution in [0.3, 0.4) is 0 Å². The molecule has 0 saturated heterocycles. The van der Waals surface area contributed by atoms with Crippen LogP contribution in [0.25, 0.3) is 4.85 Å². The van der Waals surface area contributed by atoms with Crippen molar-refractivity contribution in [1.82, 2.24) is 0 Å². The van der Waals surface area contributed by atoms with Crippen molar-refractivity contribution in [2.75, 3.05) is 6.54 Å². The van der Waals surface area contributed by atoms with E-state index in [1.54, 1.807) is 0 Å². The van der Waals surface area contributed by atoms with E-state index in [2.05, 4.69) is 4.85 Å². The minimum atomic E-state index is -1.30. The fraction of sp³-hybridized carbons (Fsp3) is 0.222. The molecule has 3 heteroatoms. The van der Waals surface area contributed by atoms with Crippen LogP contribution < -0.4 is 0 Å². The zero-order chi connectivity index (χ0) is 8.97. The second kappa shape index (κ2) is 3.82. The van der Waals surface area contributed by atoms with Crippen molar-refractivity contribution < 1.29 is 8.78 Å². The molecular weight excluding hydrogens is 160 g/mol. The molecule has 0 spiro atoms. The van der Waals surface area contributed by atoms with Crippen LogP contribution in [0.15, 0.2) is 24.3 Å². The summed E-state index contributed by atoms with van der Waals surface area (Å²) in [6.45, 7) is 6.23. The molecule has 0 aliphatic rings. The highest BCUT2D eigenvalue weighted by Gasteiger charge is 2.11. The largest absolute Gasteiger partial charge is 0.313 e. The first-order chi connectivity index (χ1) is 5.74. The van der Waals surface area contributed by atoms with Gasteiger partial charge in [-0.1, -0.05) is 12.1 Å². The molecular formula is C9H7F2N. The minimum Gasteiger partial charge on any atom is -0.313 e. The lowest BCUT2D eigenvalue weighted by Crippen LogP contribution is -1.93. The van der Waals surface area contributed by atoms with Crippen LogP contribution in [0.1, 0.15) is 11.7 Å². The van der Waals surface area contributed by atoms with Gasteiger partial charge in [-0.2, -0.15) is 0 Å². The Morgan fingerprint density at radius 2 is 1.92 bits per heavy atom. The molecule has 1 aromatic carbocycles. The molecule has 1 unspecified atom stereocenters. The Balaban J connectivity index is 2.76. The predicted molar refractivity (Wildman–Crippen MR) is 41.7 cm³/mol. The Morgan fingerprint density at radius 1 is 1.33 bits per heavy atom. The molecule has 0 fully saturated rings. The maximum atomic E-state index is 12.9. The van der Waals surface area contributed by atoms with Crippen molar-refractivity contribution in [3.05, 3.63) is 47.1 Å². The molecule has 0 saturated carbocycles. The lowest BCUT2D eigenvalue weighted by Gasteiger charge is -2.00. The molecule has 0 aromatic heterocycles. The van der Waals surface area contributed by atoms with Gasteiger partial charge in [0.25, 0.3) is 0 Å². The molecule has 0 bridgehead atoms. The highest BCUT2D eigenvalue weighted by molar-refractivity contribution is 5.19. The van der Waals surface area contributed by atoms with E-state index in [-0.39, 0.29) is 6.54 Å². The van der Waals surface area contributed by atoms with Gasteiger partial charge >= 0.3 is 0 Å². The van der Waals surface area contributed by atoms with Crippen molar-refractivity contribution in [1.29, 1.82) is 0 Å². The molecule has 62 valence electrons. The number of benzene rings is 1. The van der Waals surface area contributed by atoms with E-state index in [1.807, 2.05) is 0 Å². The third-order valence-electron chi connectivity index (χ3n) is 1.48. The van der Waals surface area contributed by atoms with Crippen LogP contribution >= 0.6 is 0 Å². The summed E-state index contributed by atoms with van der Waals surface area (Å²) in [6.07, 6.45) is -1.30. The van der Waals surface area contributed by atoms with Crippen LogP contribution in [-0.4, -0.2) is 6.54 Å². The van der Waals surface area contributed by atoms with E-state index < -0.39 is 12.0 Å². The molecule has 1 atom stereocenters. The van der Waals surface area contributed by atoms with E-state index in [0.717, 1.165) is 0 Å². The number of hydrogen-bond acceptors (Lipinski definition) is 0. The summed E-state index contributed by atoms with van der Waals surface area (Å²) in [6, 6.07) is 5.08. The smallest absolute Gasteiger partial charge is 0.249 e. The third-order valence-corrected chi connectivity index (χ3v) is 1.48. The summed E-state index contributed by atoms with van der Waals surface area (Å²) in [7, 11) is 0. The fourth-order valence-electron chi connectivity index (χ4n) is 0.857. The van der Waals surface area contributed by atoms with Crippen LogP contribution in [0.5, 0.6) is 0 Å². The van der Waals surface area contributed by atoms with E-state index in [4.69, 9.17) is 6.57 Å². The minimum absolute atomic E-state index is 0.203. The number of nitrogens with zero attached hydrogens (tertiary/aromatic N) is 1. The van der Waals surface area contributed by atoms with E-state index in [9.17, 15) is 8.78 Å².